The molecule has 0 aromatic heterocycles. The van der Waals surface area contributed by atoms with E-state index in [0.29, 0.717) is 6.42 Å². The van der Waals surface area contributed by atoms with E-state index in [4.69, 9.17) is 5.11 Å². The van der Waals surface area contributed by atoms with Gasteiger partial charge in [-0.05, 0) is 18.6 Å². The van der Waals surface area contributed by atoms with Gasteiger partial charge in [0.2, 0.25) is 0 Å². The van der Waals surface area contributed by atoms with E-state index in [0.717, 1.165) is 18.6 Å². The number of carboxylic acid groups (broad SMARTS) is 1. The monoisotopic (exact) mass is 344 g/mol. The van der Waals surface area contributed by atoms with Crippen LogP contribution in [0.15, 0.2) is 0 Å². The zero-order valence-corrected chi connectivity index (χ0v) is 16.1. The van der Waals surface area contributed by atoms with Gasteiger partial charge in [0.25, 0.3) is 0 Å². The first-order chi connectivity index (χ1) is 11.3. The Hall–Kier alpha value is -0.180. The molecule has 0 aliphatic heterocycles. The van der Waals surface area contributed by atoms with E-state index in [-0.39, 0.29) is 0 Å². The van der Waals surface area contributed by atoms with Crippen molar-refractivity contribution in [3.63, 3.8) is 0 Å². The first kappa shape index (κ1) is 22.8. The molecule has 0 bridgehead atoms. The SMILES string of the molecule is O=C(O)CCCCCCCCCCCCCCCCCCCS. The molecule has 0 amide bonds. The van der Waals surface area contributed by atoms with Crippen molar-refractivity contribution < 1.29 is 9.90 Å². The molecule has 0 aromatic carbocycles. The van der Waals surface area contributed by atoms with Gasteiger partial charge in [-0.15, -0.1) is 0 Å². The number of carbonyl (C=O) groups is 1. The molecule has 0 spiro atoms. The Morgan fingerprint density at radius 2 is 0.783 bits per heavy atom. The maximum Gasteiger partial charge on any atom is 0.303 e. The third kappa shape index (κ3) is 21.8. The molecule has 0 fully saturated rings. The van der Waals surface area contributed by atoms with Gasteiger partial charge in [0.1, 0.15) is 0 Å². The molecule has 23 heavy (non-hydrogen) atoms. The van der Waals surface area contributed by atoms with Crippen LogP contribution >= 0.6 is 12.6 Å². The van der Waals surface area contributed by atoms with E-state index in [1.807, 2.05) is 0 Å². The van der Waals surface area contributed by atoms with E-state index in [2.05, 4.69) is 12.6 Å². The van der Waals surface area contributed by atoms with E-state index in [1.54, 1.807) is 0 Å². The molecule has 0 saturated heterocycles. The molecule has 3 heteroatoms. The van der Waals surface area contributed by atoms with Crippen LogP contribution in [0.1, 0.15) is 116 Å². The Labute approximate surface area is 150 Å². The summed E-state index contributed by atoms with van der Waals surface area (Å²) in [6, 6.07) is 0. The molecule has 0 aliphatic carbocycles. The molecule has 0 unspecified atom stereocenters. The Kier molecular flexibility index (Phi) is 19.7. The maximum atomic E-state index is 10.4. The summed E-state index contributed by atoms with van der Waals surface area (Å²) in [7, 11) is 0. The summed E-state index contributed by atoms with van der Waals surface area (Å²) in [5.74, 6) is 0.392. The van der Waals surface area contributed by atoms with Crippen LogP contribution in [0.2, 0.25) is 0 Å². The standard InChI is InChI=1S/C20H40O2S/c21-20(22)18-16-14-12-10-8-6-4-2-1-3-5-7-9-11-13-15-17-19-23/h23H,1-19H2,(H,21,22). The van der Waals surface area contributed by atoms with E-state index in [1.165, 1.54) is 96.3 Å². The average Bonchev–Trinajstić information content (AvgIpc) is 2.53. The quantitative estimate of drug-likeness (QED) is 0.195. The van der Waals surface area contributed by atoms with Gasteiger partial charge in [-0.1, -0.05) is 96.3 Å². The van der Waals surface area contributed by atoms with E-state index >= 15 is 0 Å². The lowest BCUT2D eigenvalue weighted by molar-refractivity contribution is -0.137. The second-order valence-electron chi connectivity index (χ2n) is 6.88. The van der Waals surface area contributed by atoms with Crippen LogP contribution in [-0.4, -0.2) is 16.8 Å². The van der Waals surface area contributed by atoms with Gasteiger partial charge in [0, 0.05) is 6.42 Å². The highest BCUT2D eigenvalue weighted by Gasteiger charge is 1.97. The summed E-state index contributed by atoms with van der Waals surface area (Å²) < 4.78 is 0. The molecule has 0 aromatic rings. The fourth-order valence-electron chi connectivity index (χ4n) is 3.04. The minimum atomic E-state index is -0.654. The smallest absolute Gasteiger partial charge is 0.303 e. The van der Waals surface area contributed by atoms with Gasteiger partial charge in [0.05, 0.1) is 0 Å². The van der Waals surface area contributed by atoms with Crippen LogP contribution in [0.4, 0.5) is 0 Å². The molecule has 0 atom stereocenters. The predicted molar refractivity (Wildman–Crippen MR) is 105 cm³/mol. The number of hydrogen-bond acceptors (Lipinski definition) is 2. The Morgan fingerprint density at radius 3 is 1.04 bits per heavy atom. The minimum absolute atomic E-state index is 0.343. The van der Waals surface area contributed by atoms with Crippen molar-refractivity contribution in [2.24, 2.45) is 0 Å². The number of rotatable bonds is 19. The van der Waals surface area contributed by atoms with Gasteiger partial charge < -0.3 is 5.11 Å². The first-order valence-electron chi connectivity index (χ1n) is 10.1. The van der Waals surface area contributed by atoms with Crippen molar-refractivity contribution in [3.05, 3.63) is 0 Å². The lowest BCUT2D eigenvalue weighted by Crippen LogP contribution is -1.93. The predicted octanol–water partition coefficient (Wildman–Crippen LogP) is 7.02. The zero-order chi connectivity index (χ0) is 17.0. The van der Waals surface area contributed by atoms with Crippen LogP contribution in [0.25, 0.3) is 0 Å². The second kappa shape index (κ2) is 19.9. The Bertz CT molecular complexity index is 244. The maximum absolute atomic E-state index is 10.4. The highest BCUT2D eigenvalue weighted by atomic mass is 32.1. The molecule has 2 nitrogen and oxygen atoms in total. The molecular weight excluding hydrogens is 304 g/mol. The second-order valence-corrected chi connectivity index (χ2v) is 7.32. The van der Waals surface area contributed by atoms with Crippen molar-refractivity contribution in [1.29, 1.82) is 0 Å². The van der Waals surface area contributed by atoms with Gasteiger partial charge in [0.15, 0.2) is 0 Å². The van der Waals surface area contributed by atoms with Crippen molar-refractivity contribution in [1.82, 2.24) is 0 Å². The molecule has 0 aliphatic rings. The zero-order valence-electron chi connectivity index (χ0n) is 15.2. The van der Waals surface area contributed by atoms with Crippen LogP contribution in [0.5, 0.6) is 0 Å². The molecule has 0 radical (unpaired) electrons. The molecule has 138 valence electrons. The minimum Gasteiger partial charge on any atom is -0.481 e. The lowest BCUT2D eigenvalue weighted by atomic mass is 10.0. The van der Waals surface area contributed by atoms with Crippen LogP contribution in [0, 0.1) is 0 Å². The number of thiol groups is 1. The fraction of sp³-hybridized carbons (Fsp3) is 0.950. The van der Waals surface area contributed by atoms with Crippen molar-refractivity contribution in [2.75, 3.05) is 5.75 Å². The summed E-state index contributed by atoms with van der Waals surface area (Å²) in [6.45, 7) is 0. The summed E-state index contributed by atoms with van der Waals surface area (Å²) >= 11 is 4.24. The summed E-state index contributed by atoms with van der Waals surface area (Å²) in [6.07, 6.45) is 22.8. The number of carboxylic acids is 1. The average molecular weight is 345 g/mol. The molecule has 1 N–H and O–H groups in total. The summed E-state index contributed by atoms with van der Waals surface area (Å²) in [5, 5.41) is 8.55. The van der Waals surface area contributed by atoms with Crippen molar-refractivity contribution in [2.45, 2.75) is 116 Å². The summed E-state index contributed by atoms with van der Waals surface area (Å²) in [5.41, 5.74) is 0. The fourth-order valence-corrected chi connectivity index (χ4v) is 3.26. The molecule has 0 heterocycles. The number of hydrogen-bond donors (Lipinski definition) is 2. The van der Waals surface area contributed by atoms with Gasteiger partial charge in [-0.25, -0.2) is 0 Å². The van der Waals surface area contributed by atoms with Crippen LogP contribution < -0.4 is 0 Å². The summed E-state index contributed by atoms with van der Waals surface area (Å²) in [4.78, 5) is 10.4. The Balaban J connectivity index is 2.96. The molecular formula is C20H40O2S. The number of aliphatic carboxylic acids is 1. The lowest BCUT2D eigenvalue weighted by Gasteiger charge is -2.03. The van der Waals surface area contributed by atoms with E-state index in [9.17, 15) is 4.79 Å². The normalized spacial score (nSPS) is 11.0. The Morgan fingerprint density at radius 1 is 0.522 bits per heavy atom. The number of unbranched alkanes of at least 4 members (excludes halogenated alkanes) is 16. The van der Waals surface area contributed by atoms with Gasteiger partial charge >= 0.3 is 5.97 Å². The van der Waals surface area contributed by atoms with Gasteiger partial charge in [-0.3, -0.25) is 4.79 Å². The third-order valence-electron chi connectivity index (χ3n) is 4.55. The highest BCUT2D eigenvalue weighted by molar-refractivity contribution is 7.80. The van der Waals surface area contributed by atoms with Crippen LogP contribution in [-0.2, 0) is 4.79 Å². The van der Waals surface area contributed by atoms with Gasteiger partial charge in [-0.2, -0.15) is 12.6 Å². The van der Waals surface area contributed by atoms with Crippen LogP contribution in [0.3, 0.4) is 0 Å². The van der Waals surface area contributed by atoms with E-state index < -0.39 is 5.97 Å². The molecule has 0 saturated carbocycles. The largest absolute Gasteiger partial charge is 0.481 e. The third-order valence-corrected chi connectivity index (χ3v) is 4.86. The highest BCUT2D eigenvalue weighted by Crippen LogP contribution is 2.14. The molecule has 0 rings (SSSR count). The topological polar surface area (TPSA) is 37.3 Å². The first-order valence-corrected chi connectivity index (χ1v) is 10.7. The van der Waals surface area contributed by atoms with Crippen molar-refractivity contribution >= 4 is 18.6 Å². The van der Waals surface area contributed by atoms with Crippen molar-refractivity contribution in [3.8, 4) is 0 Å².